The molecule has 1 nitrogen and oxygen atoms in total. The molecule has 0 aromatic heterocycles. The Morgan fingerprint density at radius 3 is 2.60 bits per heavy atom. The molecule has 0 aliphatic carbocycles. The molecule has 0 saturated heterocycles. The first kappa shape index (κ1) is 3.51. The number of carbonyl (C=O) groups is 1. The van der Waals surface area contributed by atoms with Crippen molar-refractivity contribution in [3.05, 3.63) is 0 Å². The summed E-state index contributed by atoms with van der Waals surface area (Å²) in [6, 6.07) is 0. The predicted molar refractivity (Wildman–Crippen MR) is 27.8 cm³/mol. The van der Waals surface area contributed by atoms with Crippen LogP contribution >= 0.6 is 8.02 Å². The molecular weight excluding hydrogens is 103 g/mol. The Labute approximate surface area is 37.7 Å². The van der Waals surface area contributed by atoms with Crippen molar-refractivity contribution in [3.8, 4) is 0 Å². The summed E-state index contributed by atoms with van der Waals surface area (Å²) < 4.78 is 6.62. The molecule has 0 bridgehead atoms. The highest BCUT2D eigenvalue weighted by Gasteiger charge is 1.69. The van der Waals surface area contributed by atoms with Crippen molar-refractivity contribution < 1.29 is 4.79 Å². The van der Waals surface area contributed by atoms with Crippen LogP contribution in [0.3, 0.4) is 0 Å². The molecule has 0 spiro atoms. The van der Waals surface area contributed by atoms with Crippen LogP contribution in [-0.4, -0.2) is 6.24 Å². The summed E-state index contributed by atoms with van der Waals surface area (Å²) in [5, 5.41) is -0.133. The number of carbonyl (C=O) groups excluding carboxylic acids is 1. The zero-order valence-electron chi connectivity index (χ0n) is 3.82. The smallest absolute Gasteiger partial charge is 0.181 e. The predicted octanol–water partition coefficient (Wildman–Crippen LogP) is 0.406. The van der Waals surface area contributed by atoms with E-state index in [2.05, 4.69) is 8.02 Å². The summed E-state index contributed by atoms with van der Waals surface area (Å²) in [5.74, 6) is 0. The minimum Gasteiger partial charge on any atom is -0.288 e. The first-order valence-electron chi connectivity index (χ1n) is 1.52. The summed E-state index contributed by atoms with van der Waals surface area (Å²) in [6.45, 7) is 1.38. The van der Waals surface area contributed by atoms with Crippen LogP contribution in [0.2, 0.25) is 0 Å². The second-order valence-electron chi connectivity index (χ2n) is 0.594. The van der Waals surface area contributed by atoms with Crippen LogP contribution in [0.1, 0.15) is 6.92 Å². The maximum absolute atomic E-state index is 9.92. The van der Waals surface area contributed by atoms with Gasteiger partial charge in [-0.05, 0) is 0 Å². The van der Waals surface area contributed by atoms with E-state index < -0.39 is 10.8 Å². The van der Waals surface area contributed by atoms with Gasteiger partial charge in [-0.3, -0.25) is 4.79 Å². The van der Waals surface area contributed by atoms with Gasteiger partial charge in [0.1, 0.15) is 1.12 Å². The fourth-order valence-electron chi connectivity index (χ4n) is 0. The van der Waals surface area contributed by atoms with E-state index in [1.54, 1.807) is 0 Å². The molecule has 1 atom stereocenters. The molecule has 0 aliphatic rings. The van der Waals surface area contributed by atoms with E-state index >= 15 is 0 Å². The van der Waals surface area contributed by atoms with E-state index in [4.69, 9.17) is 1.12 Å². The lowest BCUT2D eigenvalue weighted by molar-refractivity contribution is -0.109. The highest BCUT2D eigenvalue weighted by atomic mass is 32.5. The van der Waals surface area contributed by atoms with Gasteiger partial charge in [0.25, 0.3) is 0 Å². The lowest BCUT2D eigenvalue weighted by Crippen LogP contribution is -1.76. The van der Waals surface area contributed by atoms with Gasteiger partial charge in [-0.1, -0.05) is 8.02 Å². The van der Waals surface area contributed by atoms with Gasteiger partial charge < -0.3 is 0 Å². The summed E-state index contributed by atoms with van der Waals surface area (Å²) in [6.07, 6.45) is 0. The molecule has 5 heavy (non-hydrogen) atoms. The van der Waals surface area contributed by atoms with Crippen molar-refractivity contribution >= 4 is 24.0 Å². The molecule has 0 N–H and O–H groups in total. The quantitative estimate of drug-likeness (QED) is 0.352. The number of thiol groups is 1. The van der Waals surface area contributed by atoms with Crippen LogP contribution in [0.5, 0.6) is 0 Å². The van der Waals surface area contributed by atoms with E-state index in [-0.39, 0.29) is 5.12 Å². The summed E-state index contributed by atoms with van der Waals surface area (Å²) >= 11 is 0. The first-order valence-corrected chi connectivity index (χ1v) is 3.15. The molecule has 0 amide bonds. The van der Waals surface area contributed by atoms with Gasteiger partial charge in [0.15, 0.2) is 5.12 Å². The Morgan fingerprint density at radius 2 is 2.60 bits per heavy atom. The van der Waals surface area contributed by atoms with E-state index in [0.29, 0.717) is 0 Å². The monoisotopic (exact) mass is 109 g/mol. The lowest BCUT2D eigenvalue weighted by Gasteiger charge is -1.63. The Bertz CT molecular complexity index is 79.5. The molecule has 0 aromatic rings. The summed E-state index contributed by atoms with van der Waals surface area (Å²) in [4.78, 5) is 9.92. The topological polar surface area (TPSA) is 17.1 Å². The molecule has 0 aliphatic heterocycles. The van der Waals surface area contributed by atoms with Gasteiger partial charge in [0.05, 0.1) is 0 Å². The molecule has 0 aromatic carbocycles. The van der Waals surface area contributed by atoms with Gasteiger partial charge in [-0.15, -0.1) is 10.8 Å². The standard InChI is InChI=1S/C2H5OPS/c1-2(3)5-4/h4-5H,1H3/i5D. The molecular formula is C2H5OPS. The molecule has 0 saturated carbocycles. The van der Waals surface area contributed by atoms with E-state index in [1.807, 2.05) is 0 Å². The Morgan fingerprint density at radius 1 is 2.40 bits per heavy atom. The maximum atomic E-state index is 9.92. The molecule has 3 heteroatoms. The Kier molecular flexibility index (Phi) is 1.79. The average Bonchev–Trinajstić information content (AvgIpc) is 1.36. The fourth-order valence-corrected chi connectivity index (χ4v) is 0. The van der Waals surface area contributed by atoms with Gasteiger partial charge >= 0.3 is 0 Å². The summed E-state index contributed by atoms with van der Waals surface area (Å²) in [7, 11) is 1.88. The number of rotatable bonds is 0. The van der Waals surface area contributed by atoms with Gasteiger partial charge in [-0.2, -0.15) is 0 Å². The minimum absolute atomic E-state index is 0.133. The molecule has 30 valence electrons. The van der Waals surface area contributed by atoms with Gasteiger partial charge in [0, 0.05) is 6.92 Å². The zero-order chi connectivity index (χ0) is 5.15. The third kappa shape index (κ3) is 4.32. The van der Waals surface area contributed by atoms with Crippen molar-refractivity contribution in [2.75, 3.05) is 0 Å². The van der Waals surface area contributed by atoms with Crippen molar-refractivity contribution in [3.63, 3.8) is 0 Å². The van der Waals surface area contributed by atoms with Crippen molar-refractivity contribution in [2.24, 2.45) is 0 Å². The minimum atomic E-state index is -0.951. The van der Waals surface area contributed by atoms with Crippen molar-refractivity contribution in [1.82, 2.24) is 0 Å². The van der Waals surface area contributed by atoms with Crippen LogP contribution in [-0.2, 0) is 15.6 Å². The number of hydrogen-bond donors (Lipinski definition) is 1. The Balaban J connectivity index is 3.57. The van der Waals surface area contributed by atoms with Crippen LogP contribution in [0.25, 0.3) is 0 Å². The van der Waals surface area contributed by atoms with E-state index in [1.165, 1.54) is 6.92 Å². The van der Waals surface area contributed by atoms with Crippen molar-refractivity contribution in [2.45, 2.75) is 6.92 Å². The zero-order valence-corrected chi connectivity index (χ0v) is 4.63. The third-order valence-electron chi connectivity index (χ3n) is 0.144. The molecule has 0 heterocycles. The lowest BCUT2D eigenvalue weighted by atomic mass is 10.9. The number of hydrogen-bond acceptors (Lipinski definition) is 1. The maximum Gasteiger partial charge on any atom is 0.181 e. The van der Waals surface area contributed by atoms with Crippen molar-refractivity contribution in [1.29, 1.82) is 1.12 Å². The van der Waals surface area contributed by atoms with E-state index in [0.717, 1.165) is 0 Å². The van der Waals surface area contributed by atoms with Gasteiger partial charge in [-0.25, -0.2) is 0 Å². The SMILES string of the molecule is [2H]S(=P)C(C)=O. The Hall–Kier alpha value is 0.320. The fraction of sp³-hybridized carbons (Fsp3) is 0.500. The van der Waals surface area contributed by atoms with Crippen LogP contribution in [0, 0.1) is 0 Å². The second-order valence-corrected chi connectivity index (χ2v) is 1.99. The summed E-state index contributed by atoms with van der Waals surface area (Å²) in [5.41, 5.74) is 0. The third-order valence-corrected chi connectivity index (χ3v) is 1.29. The van der Waals surface area contributed by atoms with Crippen LogP contribution < -0.4 is 0 Å². The normalized spacial score (nSPS) is 16.6. The largest absolute Gasteiger partial charge is 0.288 e. The van der Waals surface area contributed by atoms with E-state index in [9.17, 15) is 4.79 Å². The van der Waals surface area contributed by atoms with Gasteiger partial charge in [0.2, 0.25) is 0 Å². The second kappa shape index (κ2) is 2.55. The molecule has 1 unspecified atom stereocenters. The average molecular weight is 109 g/mol. The molecule has 0 fully saturated rings. The highest BCUT2D eigenvalue weighted by molar-refractivity contribution is 8.13. The van der Waals surface area contributed by atoms with Crippen LogP contribution in [0.15, 0.2) is 0 Å². The highest BCUT2D eigenvalue weighted by Crippen LogP contribution is 1.65. The molecule has 0 radical (unpaired) electrons. The van der Waals surface area contributed by atoms with Crippen LogP contribution in [0.4, 0.5) is 0 Å². The first-order chi connectivity index (χ1) is 2.64. The molecule has 0 rings (SSSR count).